The van der Waals surface area contributed by atoms with Gasteiger partial charge < -0.3 is 21.3 Å². The van der Waals surface area contributed by atoms with Gasteiger partial charge in [0.15, 0.2) is 0 Å². The van der Waals surface area contributed by atoms with Gasteiger partial charge in [-0.3, -0.25) is 14.5 Å². The fourth-order valence-corrected chi connectivity index (χ4v) is 3.37. The summed E-state index contributed by atoms with van der Waals surface area (Å²) < 4.78 is 0. The lowest BCUT2D eigenvalue weighted by Crippen LogP contribution is -2.72. The van der Waals surface area contributed by atoms with Gasteiger partial charge in [-0.05, 0) is 30.5 Å². The maximum absolute atomic E-state index is 12.3. The molecule has 0 aromatic heterocycles. The van der Waals surface area contributed by atoms with Crippen molar-refractivity contribution in [1.29, 1.82) is 0 Å². The van der Waals surface area contributed by atoms with Crippen molar-refractivity contribution in [2.24, 2.45) is 5.73 Å². The Kier molecular flexibility index (Phi) is 4.40. The third-order valence-electron chi connectivity index (χ3n) is 4.41. The Labute approximate surface area is 147 Å². The number of hydrogen-bond acceptors (Lipinski definition) is 5. The van der Waals surface area contributed by atoms with E-state index < -0.39 is 35.9 Å². The predicted octanol–water partition coefficient (Wildman–Crippen LogP) is 0.416. The minimum absolute atomic E-state index is 0.0493. The van der Waals surface area contributed by atoms with Crippen molar-refractivity contribution in [2.45, 2.75) is 31.0 Å². The van der Waals surface area contributed by atoms with Crippen LogP contribution < -0.4 is 11.1 Å². The van der Waals surface area contributed by atoms with Gasteiger partial charge in [0, 0.05) is 5.03 Å². The minimum Gasteiger partial charge on any atom is -0.508 e. The molecule has 1 aromatic rings. The van der Waals surface area contributed by atoms with E-state index in [4.69, 9.17) is 17.3 Å². The lowest BCUT2D eigenvalue weighted by Gasteiger charge is -2.49. The molecule has 2 amide bonds. The molecule has 2 aliphatic rings. The summed E-state index contributed by atoms with van der Waals surface area (Å²) in [5.41, 5.74) is 6.14. The smallest absolute Gasteiger partial charge is 0.353 e. The largest absolute Gasteiger partial charge is 0.508 e. The third-order valence-corrected chi connectivity index (χ3v) is 4.78. The lowest BCUT2D eigenvalue weighted by molar-refractivity contribution is -0.156. The molecule has 0 aliphatic carbocycles. The van der Waals surface area contributed by atoms with E-state index >= 15 is 0 Å². The SMILES string of the molecule is NC(C(=O)NC1C(=O)N2C(C(=O)O)=C(Cl)CCC12)c1ccc(O)cc1. The Hall–Kier alpha value is -2.58. The first kappa shape index (κ1) is 17.2. The highest BCUT2D eigenvalue weighted by molar-refractivity contribution is 6.32. The number of nitrogens with one attached hydrogen (secondary N) is 1. The summed E-state index contributed by atoms with van der Waals surface area (Å²) in [5.74, 6) is -2.30. The molecule has 0 bridgehead atoms. The van der Waals surface area contributed by atoms with Crippen LogP contribution in [0.2, 0.25) is 0 Å². The summed E-state index contributed by atoms with van der Waals surface area (Å²) in [6.45, 7) is 0. The molecule has 2 aliphatic heterocycles. The second-order valence-corrected chi connectivity index (χ2v) is 6.38. The van der Waals surface area contributed by atoms with Gasteiger partial charge >= 0.3 is 5.97 Å². The van der Waals surface area contributed by atoms with Crippen LogP contribution in [0.15, 0.2) is 35.0 Å². The van der Waals surface area contributed by atoms with Crippen molar-refractivity contribution in [3.63, 3.8) is 0 Å². The average molecular weight is 366 g/mol. The van der Waals surface area contributed by atoms with Crippen LogP contribution in [0, 0.1) is 0 Å². The van der Waals surface area contributed by atoms with E-state index in [1.807, 2.05) is 0 Å². The number of hydrogen-bond donors (Lipinski definition) is 4. The van der Waals surface area contributed by atoms with E-state index in [1.165, 1.54) is 24.3 Å². The van der Waals surface area contributed by atoms with Crippen molar-refractivity contribution in [2.75, 3.05) is 0 Å². The number of amides is 2. The Morgan fingerprint density at radius 2 is 1.96 bits per heavy atom. The lowest BCUT2D eigenvalue weighted by atomic mass is 9.86. The number of nitrogens with two attached hydrogens (primary N) is 1. The molecule has 8 nitrogen and oxygen atoms in total. The number of carboxylic acid groups (broad SMARTS) is 1. The van der Waals surface area contributed by atoms with Crippen LogP contribution in [0.3, 0.4) is 0 Å². The fourth-order valence-electron chi connectivity index (χ4n) is 3.09. The number of rotatable bonds is 4. The summed E-state index contributed by atoms with van der Waals surface area (Å²) in [7, 11) is 0. The molecule has 25 heavy (non-hydrogen) atoms. The Balaban J connectivity index is 1.71. The van der Waals surface area contributed by atoms with E-state index in [1.54, 1.807) is 0 Å². The molecule has 1 saturated heterocycles. The van der Waals surface area contributed by atoms with Crippen LogP contribution >= 0.6 is 11.6 Å². The first-order valence-electron chi connectivity index (χ1n) is 7.61. The molecule has 0 radical (unpaired) electrons. The van der Waals surface area contributed by atoms with Gasteiger partial charge in [0.25, 0.3) is 5.91 Å². The normalized spacial score (nSPS) is 23.6. The molecule has 1 aromatic carbocycles. The Bertz CT molecular complexity index is 776. The molecular weight excluding hydrogens is 350 g/mol. The zero-order chi connectivity index (χ0) is 18.3. The van der Waals surface area contributed by atoms with Crippen LogP contribution in [0.25, 0.3) is 0 Å². The number of carbonyl (C=O) groups excluding carboxylic acids is 2. The summed E-state index contributed by atoms with van der Waals surface area (Å²) in [5, 5.41) is 21.2. The van der Waals surface area contributed by atoms with E-state index in [2.05, 4.69) is 5.32 Å². The zero-order valence-electron chi connectivity index (χ0n) is 13.0. The van der Waals surface area contributed by atoms with Crippen LogP contribution in [0.5, 0.6) is 5.75 Å². The second-order valence-electron chi connectivity index (χ2n) is 5.93. The number of fused-ring (bicyclic) bond motifs is 1. The summed E-state index contributed by atoms with van der Waals surface area (Å²) in [4.78, 5) is 37.0. The monoisotopic (exact) mass is 365 g/mol. The second kappa shape index (κ2) is 6.38. The molecule has 3 unspecified atom stereocenters. The molecule has 1 fully saturated rings. The van der Waals surface area contributed by atoms with E-state index in [0.29, 0.717) is 18.4 Å². The number of phenolic OH excluding ortho intramolecular Hbond substituents is 1. The summed E-state index contributed by atoms with van der Waals surface area (Å²) in [6, 6.07) is 3.56. The first-order valence-corrected chi connectivity index (χ1v) is 7.99. The summed E-state index contributed by atoms with van der Waals surface area (Å²) in [6.07, 6.45) is 0.786. The number of phenols is 1. The molecule has 9 heteroatoms. The molecular formula is C16H16ClN3O5. The van der Waals surface area contributed by atoms with Crippen molar-refractivity contribution in [3.8, 4) is 5.75 Å². The highest BCUT2D eigenvalue weighted by Crippen LogP contribution is 2.38. The summed E-state index contributed by atoms with van der Waals surface area (Å²) >= 11 is 5.91. The molecule has 5 N–H and O–H groups in total. The Morgan fingerprint density at radius 3 is 2.56 bits per heavy atom. The van der Waals surface area contributed by atoms with Gasteiger partial charge in [-0.25, -0.2) is 4.79 Å². The maximum Gasteiger partial charge on any atom is 0.353 e. The molecule has 0 spiro atoms. The van der Waals surface area contributed by atoms with Crippen LogP contribution in [-0.4, -0.2) is 45.0 Å². The number of benzene rings is 1. The first-order chi connectivity index (χ1) is 11.8. The number of halogens is 1. The third kappa shape index (κ3) is 2.94. The van der Waals surface area contributed by atoms with E-state index in [9.17, 15) is 24.6 Å². The molecule has 3 rings (SSSR count). The highest BCUT2D eigenvalue weighted by atomic mass is 35.5. The molecule has 132 valence electrons. The van der Waals surface area contributed by atoms with Gasteiger partial charge in [0.05, 0.1) is 6.04 Å². The van der Waals surface area contributed by atoms with Gasteiger partial charge in [-0.1, -0.05) is 23.7 Å². The number of β-lactam (4-membered cyclic amide) rings is 1. The number of carbonyl (C=O) groups is 3. The quantitative estimate of drug-likeness (QED) is 0.571. The number of carboxylic acids is 1. The molecule has 0 saturated carbocycles. The van der Waals surface area contributed by atoms with Crippen molar-refractivity contribution in [1.82, 2.24) is 10.2 Å². The van der Waals surface area contributed by atoms with Crippen molar-refractivity contribution >= 4 is 29.4 Å². The topological polar surface area (TPSA) is 133 Å². The maximum atomic E-state index is 12.3. The van der Waals surface area contributed by atoms with Crippen LogP contribution in [0.1, 0.15) is 24.4 Å². The zero-order valence-corrected chi connectivity index (χ0v) is 13.7. The predicted molar refractivity (Wildman–Crippen MR) is 87.3 cm³/mol. The fraction of sp³-hybridized carbons (Fsp3) is 0.312. The minimum atomic E-state index is -1.27. The number of nitrogens with zero attached hydrogens (tertiary/aromatic N) is 1. The standard InChI is InChI=1S/C16H16ClN3O5/c17-9-5-6-10-12(15(23)20(10)13(9)16(24)25)19-14(22)11(18)7-1-3-8(21)4-2-7/h1-4,10-12,21H,5-6,18H2,(H,19,22)(H,24,25). The highest BCUT2D eigenvalue weighted by Gasteiger charge is 2.53. The number of aliphatic carboxylic acids is 1. The molecule has 3 atom stereocenters. The van der Waals surface area contributed by atoms with Crippen LogP contribution in [-0.2, 0) is 14.4 Å². The average Bonchev–Trinajstić information content (AvgIpc) is 2.58. The van der Waals surface area contributed by atoms with E-state index in [0.717, 1.165) is 4.90 Å². The number of aromatic hydroxyl groups is 1. The van der Waals surface area contributed by atoms with E-state index in [-0.39, 0.29) is 16.5 Å². The van der Waals surface area contributed by atoms with Gasteiger partial charge in [-0.15, -0.1) is 0 Å². The van der Waals surface area contributed by atoms with Crippen molar-refractivity contribution < 1.29 is 24.6 Å². The molecule has 2 heterocycles. The Morgan fingerprint density at radius 1 is 1.32 bits per heavy atom. The van der Waals surface area contributed by atoms with Gasteiger partial charge in [0.1, 0.15) is 23.5 Å². The van der Waals surface area contributed by atoms with Crippen molar-refractivity contribution in [3.05, 3.63) is 40.6 Å². The van der Waals surface area contributed by atoms with Gasteiger partial charge in [0.2, 0.25) is 5.91 Å². The number of allylic oxidation sites excluding steroid dienone is 1. The van der Waals surface area contributed by atoms with Crippen LogP contribution in [0.4, 0.5) is 0 Å². The van der Waals surface area contributed by atoms with Gasteiger partial charge in [-0.2, -0.15) is 0 Å².